The SMILES string of the molecule is CC(C)(C)c1ccc(C2(C)OC2C#N)cc1. The van der Waals surface area contributed by atoms with Gasteiger partial charge >= 0.3 is 0 Å². The zero-order chi connectivity index (χ0) is 12.0. The molecule has 2 nitrogen and oxygen atoms in total. The fraction of sp³-hybridized carbons (Fsp3) is 0.500. The summed E-state index contributed by atoms with van der Waals surface area (Å²) in [4.78, 5) is 0. The Kier molecular flexibility index (Phi) is 2.32. The lowest BCUT2D eigenvalue weighted by atomic mass is 9.85. The monoisotopic (exact) mass is 215 g/mol. The van der Waals surface area contributed by atoms with Gasteiger partial charge in [-0.15, -0.1) is 0 Å². The molecule has 1 aliphatic rings. The summed E-state index contributed by atoms with van der Waals surface area (Å²) < 4.78 is 5.40. The number of nitriles is 1. The van der Waals surface area contributed by atoms with Crippen LogP contribution < -0.4 is 0 Å². The van der Waals surface area contributed by atoms with Crippen LogP contribution in [0.2, 0.25) is 0 Å². The molecule has 16 heavy (non-hydrogen) atoms. The molecule has 2 atom stereocenters. The van der Waals surface area contributed by atoms with Crippen LogP contribution in [0.3, 0.4) is 0 Å². The Morgan fingerprint density at radius 1 is 1.25 bits per heavy atom. The minimum Gasteiger partial charge on any atom is -0.345 e. The molecule has 1 aromatic carbocycles. The number of rotatable bonds is 1. The summed E-state index contributed by atoms with van der Waals surface area (Å²) in [7, 11) is 0. The molecule has 0 radical (unpaired) electrons. The largest absolute Gasteiger partial charge is 0.345 e. The standard InChI is InChI=1S/C14H17NO/c1-13(2,3)10-5-7-11(8-6-10)14(4)12(9-15)16-14/h5-8,12H,1-4H3. The Labute approximate surface area is 96.9 Å². The summed E-state index contributed by atoms with van der Waals surface area (Å²) in [5.74, 6) is 0. The predicted molar refractivity (Wildman–Crippen MR) is 63.0 cm³/mol. The number of epoxide rings is 1. The highest BCUT2D eigenvalue weighted by molar-refractivity contribution is 5.35. The van der Waals surface area contributed by atoms with Crippen LogP contribution in [0.1, 0.15) is 38.8 Å². The van der Waals surface area contributed by atoms with Crippen molar-refractivity contribution < 1.29 is 4.74 Å². The van der Waals surface area contributed by atoms with Gasteiger partial charge in [-0.1, -0.05) is 45.0 Å². The molecule has 1 aromatic rings. The topological polar surface area (TPSA) is 36.3 Å². The van der Waals surface area contributed by atoms with E-state index in [2.05, 4.69) is 51.1 Å². The minimum atomic E-state index is -0.384. The Balaban J connectivity index is 2.25. The van der Waals surface area contributed by atoms with Gasteiger partial charge in [0, 0.05) is 0 Å². The maximum Gasteiger partial charge on any atom is 0.178 e. The third-order valence-corrected chi connectivity index (χ3v) is 3.25. The summed E-state index contributed by atoms with van der Waals surface area (Å²) in [6, 6.07) is 10.5. The average molecular weight is 215 g/mol. The van der Waals surface area contributed by atoms with E-state index < -0.39 is 0 Å². The van der Waals surface area contributed by atoms with Gasteiger partial charge in [-0.2, -0.15) is 5.26 Å². The highest BCUT2D eigenvalue weighted by Gasteiger charge is 2.54. The van der Waals surface area contributed by atoms with Gasteiger partial charge < -0.3 is 4.74 Å². The first kappa shape index (κ1) is 11.2. The van der Waals surface area contributed by atoms with Crippen molar-refractivity contribution in [1.82, 2.24) is 0 Å². The molecule has 2 unspecified atom stereocenters. The first-order valence-corrected chi connectivity index (χ1v) is 5.56. The molecule has 2 heteroatoms. The van der Waals surface area contributed by atoms with E-state index in [4.69, 9.17) is 10.00 Å². The summed E-state index contributed by atoms with van der Waals surface area (Å²) in [6.45, 7) is 8.53. The quantitative estimate of drug-likeness (QED) is 0.675. The highest BCUT2D eigenvalue weighted by Crippen LogP contribution is 2.45. The van der Waals surface area contributed by atoms with Gasteiger partial charge in [-0.05, 0) is 23.5 Å². The number of hydrogen-bond donors (Lipinski definition) is 0. The molecule has 84 valence electrons. The van der Waals surface area contributed by atoms with Crippen LogP contribution in [-0.2, 0) is 15.8 Å². The zero-order valence-electron chi connectivity index (χ0n) is 10.2. The van der Waals surface area contributed by atoms with Gasteiger partial charge in [0.05, 0.1) is 6.07 Å². The van der Waals surface area contributed by atoms with Crippen molar-refractivity contribution in [1.29, 1.82) is 5.26 Å². The highest BCUT2D eigenvalue weighted by atomic mass is 16.6. The van der Waals surface area contributed by atoms with E-state index >= 15 is 0 Å². The molecule has 1 aliphatic heterocycles. The van der Waals surface area contributed by atoms with Crippen LogP contribution in [0.25, 0.3) is 0 Å². The average Bonchev–Trinajstić information content (AvgIpc) is 2.90. The van der Waals surface area contributed by atoms with Crippen LogP contribution in [-0.4, -0.2) is 6.10 Å². The fourth-order valence-corrected chi connectivity index (χ4v) is 1.88. The van der Waals surface area contributed by atoms with Crippen molar-refractivity contribution in [2.45, 2.75) is 44.8 Å². The van der Waals surface area contributed by atoms with E-state index in [9.17, 15) is 0 Å². The molecule has 0 aromatic heterocycles. The zero-order valence-corrected chi connectivity index (χ0v) is 10.2. The van der Waals surface area contributed by atoms with Crippen molar-refractivity contribution in [2.75, 3.05) is 0 Å². The van der Waals surface area contributed by atoms with E-state index in [-0.39, 0.29) is 17.1 Å². The van der Waals surface area contributed by atoms with Crippen LogP contribution in [0, 0.1) is 11.3 Å². The van der Waals surface area contributed by atoms with E-state index in [0.29, 0.717) is 0 Å². The van der Waals surface area contributed by atoms with Gasteiger partial charge in [0.25, 0.3) is 0 Å². The Bertz CT molecular complexity index is 435. The van der Waals surface area contributed by atoms with Gasteiger partial charge in [0.15, 0.2) is 6.10 Å². The van der Waals surface area contributed by atoms with Crippen molar-refractivity contribution in [2.24, 2.45) is 0 Å². The second kappa shape index (κ2) is 3.33. The van der Waals surface area contributed by atoms with E-state index in [1.807, 2.05) is 6.92 Å². The van der Waals surface area contributed by atoms with E-state index in [1.54, 1.807) is 0 Å². The molecule has 0 bridgehead atoms. The summed E-state index contributed by atoms with van der Waals surface area (Å²) in [6.07, 6.45) is -0.284. The number of nitrogens with zero attached hydrogens (tertiary/aromatic N) is 1. The lowest BCUT2D eigenvalue weighted by molar-refractivity contribution is 0.321. The van der Waals surface area contributed by atoms with Gasteiger partial charge in [0.1, 0.15) is 5.60 Å². The van der Waals surface area contributed by atoms with E-state index in [1.165, 1.54) is 5.56 Å². The van der Waals surface area contributed by atoms with Crippen molar-refractivity contribution >= 4 is 0 Å². The van der Waals surface area contributed by atoms with E-state index in [0.717, 1.165) is 5.56 Å². The maximum atomic E-state index is 8.81. The Morgan fingerprint density at radius 2 is 1.81 bits per heavy atom. The predicted octanol–water partition coefficient (Wildman–Crippen LogP) is 3.12. The molecule has 1 heterocycles. The van der Waals surface area contributed by atoms with Crippen LogP contribution in [0.5, 0.6) is 0 Å². The molecule has 1 fully saturated rings. The maximum absolute atomic E-state index is 8.81. The first-order valence-electron chi connectivity index (χ1n) is 5.56. The molecular weight excluding hydrogens is 198 g/mol. The van der Waals surface area contributed by atoms with Gasteiger partial charge in [-0.25, -0.2) is 0 Å². The fourth-order valence-electron chi connectivity index (χ4n) is 1.88. The minimum absolute atomic E-state index is 0.165. The molecular formula is C14H17NO. The molecule has 0 aliphatic carbocycles. The lowest BCUT2D eigenvalue weighted by Crippen LogP contribution is -2.12. The van der Waals surface area contributed by atoms with Crippen molar-refractivity contribution in [3.05, 3.63) is 35.4 Å². The Hall–Kier alpha value is -1.33. The van der Waals surface area contributed by atoms with Gasteiger partial charge in [0.2, 0.25) is 0 Å². The van der Waals surface area contributed by atoms with Crippen LogP contribution in [0.15, 0.2) is 24.3 Å². The lowest BCUT2D eigenvalue weighted by Gasteiger charge is -2.19. The van der Waals surface area contributed by atoms with Gasteiger partial charge in [-0.3, -0.25) is 0 Å². The molecule has 0 spiro atoms. The summed E-state index contributed by atoms with van der Waals surface area (Å²) in [5.41, 5.74) is 2.17. The summed E-state index contributed by atoms with van der Waals surface area (Å²) in [5, 5.41) is 8.81. The molecule has 2 rings (SSSR count). The smallest absolute Gasteiger partial charge is 0.178 e. The van der Waals surface area contributed by atoms with Crippen LogP contribution >= 0.6 is 0 Å². The molecule has 1 saturated heterocycles. The number of hydrogen-bond acceptors (Lipinski definition) is 2. The second-order valence-electron chi connectivity index (χ2n) is 5.56. The third-order valence-electron chi connectivity index (χ3n) is 3.25. The number of ether oxygens (including phenoxy) is 1. The molecule has 0 saturated carbocycles. The molecule has 0 amide bonds. The number of benzene rings is 1. The second-order valence-corrected chi connectivity index (χ2v) is 5.56. The normalized spacial score (nSPS) is 28.6. The van der Waals surface area contributed by atoms with Crippen molar-refractivity contribution in [3.63, 3.8) is 0 Å². The summed E-state index contributed by atoms with van der Waals surface area (Å²) >= 11 is 0. The molecule has 0 N–H and O–H groups in total. The van der Waals surface area contributed by atoms with Crippen molar-refractivity contribution in [3.8, 4) is 6.07 Å². The van der Waals surface area contributed by atoms with Crippen LogP contribution in [0.4, 0.5) is 0 Å². The third kappa shape index (κ3) is 1.72. The Morgan fingerprint density at radius 3 is 2.19 bits per heavy atom. The first-order chi connectivity index (χ1) is 7.38.